The van der Waals surface area contributed by atoms with Gasteiger partial charge in [-0.05, 0) is 55.2 Å². The lowest BCUT2D eigenvalue weighted by Gasteiger charge is -2.37. The van der Waals surface area contributed by atoms with Gasteiger partial charge in [0, 0.05) is 17.5 Å². The number of benzene rings is 2. The van der Waals surface area contributed by atoms with Crippen LogP contribution < -0.4 is 14.0 Å². The lowest BCUT2D eigenvalue weighted by Crippen LogP contribution is -2.47. The van der Waals surface area contributed by atoms with Gasteiger partial charge in [0.15, 0.2) is 29.5 Å². The summed E-state index contributed by atoms with van der Waals surface area (Å²) in [6, 6.07) is 7.20. The van der Waals surface area contributed by atoms with Crippen molar-refractivity contribution in [2.24, 2.45) is 0 Å². The molecular weight excluding hydrogens is 458 g/mol. The van der Waals surface area contributed by atoms with E-state index < -0.39 is 0 Å². The fourth-order valence-electron chi connectivity index (χ4n) is 9.57. The van der Waals surface area contributed by atoms with Crippen molar-refractivity contribution in [3.8, 4) is 11.5 Å². The number of rotatable bonds is 2. The second-order valence-electron chi connectivity index (χ2n) is 12.5. The Morgan fingerprint density at radius 1 is 0.919 bits per heavy atom. The summed E-state index contributed by atoms with van der Waals surface area (Å²) < 4.78 is 14.7. The molecule has 5 aliphatic rings. The number of fused-ring (bicyclic) bond motifs is 6. The molecule has 2 saturated carbocycles. The lowest BCUT2D eigenvalue weighted by molar-refractivity contribution is -0.703. The summed E-state index contributed by atoms with van der Waals surface area (Å²) in [5.41, 5.74) is 4.94. The minimum absolute atomic E-state index is 0.271. The summed E-state index contributed by atoms with van der Waals surface area (Å²) in [6.07, 6.45) is 16.0. The maximum atomic E-state index is 14.8. The topological polar surface area (TPSA) is 39.4 Å². The molecule has 2 atom stereocenters. The number of aromatic nitrogens is 1. The highest BCUT2D eigenvalue weighted by molar-refractivity contribution is 6.13. The Balaban J connectivity index is 1.55. The average molecular weight is 497 g/mol. The van der Waals surface area contributed by atoms with E-state index in [0.29, 0.717) is 24.5 Å². The van der Waals surface area contributed by atoms with Crippen molar-refractivity contribution in [1.29, 1.82) is 0 Å². The van der Waals surface area contributed by atoms with Crippen LogP contribution >= 0.6 is 0 Å². The number of hydrogen-bond acceptors (Lipinski definition) is 3. The van der Waals surface area contributed by atoms with Crippen LogP contribution in [0.5, 0.6) is 11.5 Å². The number of Topliss-reactive ketones (excluding diaryl/α,β-unsaturated/α-hetero) is 1. The molecule has 192 valence electrons. The number of carbonyl (C=O) groups is 1. The zero-order valence-corrected chi connectivity index (χ0v) is 22.3. The normalized spacial score (nSPS) is 26.6. The SMILES string of the molecule is CCC1c2c3c(cc4ccc5c6c(c[n+](c5c24)C1CC)C1(CCCCC1)C(=O)C61CCCCC1)OCO3. The Morgan fingerprint density at radius 3 is 2.35 bits per heavy atom. The molecule has 37 heavy (non-hydrogen) atoms. The Morgan fingerprint density at radius 2 is 1.65 bits per heavy atom. The predicted octanol–water partition coefficient (Wildman–Crippen LogP) is 7.45. The van der Waals surface area contributed by atoms with Crippen molar-refractivity contribution < 1.29 is 18.8 Å². The number of ether oxygens (including phenoxy) is 2. The van der Waals surface area contributed by atoms with Crippen molar-refractivity contribution in [3.63, 3.8) is 0 Å². The third-order valence-corrected chi connectivity index (χ3v) is 11.0. The van der Waals surface area contributed by atoms with Gasteiger partial charge in [0.25, 0.3) is 0 Å². The van der Waals surface area contributed by atoms with Crippen LogP contribution in [0.15, 0.2) is 24.4 Å². The van der Waals surface area contributed by atoms with Gasteiger partial charge in [0.05, 0.1) is 27.5 Å². The van der Waals surface area contributed by atoms with Crippen LogP contribution in [-0.4, -0.2) is 12.6 Å². The smallest absolute Gasteiger partial charge is 0.231 e. The second-order valence-corrected chi connectivity index (χ2v) is 12.5. The maximum absolute atomic E-state index is 14.8. The first kappa shape index (κ1) is 22.4. The molecule has 4 nitrogen and oxygen atoms in total. The molecule has 3 aliphatic carbocycles. The lowest BCUT2D eigenvalue weighted by atomic mass is 9.63. The molecule has 3 heterocycles. The quantitative estimate of drug-likeness (QED) is 0.273. The van der Waals surface area contributed by atoms with Gasteiger partial charge >= 0.3 is 0 Å². The van der Waals surface area contributed by atoms with Crippen molar-refractivity contribution in [1.82, 2.24) is 0 Å². The summed E-state index contributed by atoms with van der Waals surface area (Å²) >= 11 is 0. The molecule has 3 aromatic rings. The fourth-order valence-corrected chi connectivity index (χ4v) is 9.57. The molecule has 2 aliphatic heterocycles. The first-order valence-electron chi connectivity index (χ1n) is 15.0. The molecule has 1 aromatic heterocycles. The molecule has 0 bridgehead atoms. The average Bonchev–Trinajstić information content (AvgIpc) is 3.48. The Kier molecular flexibility index (Phi) is 4.66. The van der Waals surface area contributed by atoms with Gasteiger partial charge in [-0.1, -0.05) is 58.4 Å². The van der Waals surface area contributed by atoms with E-state index in [0.717, 1.165) is 50.0 Å². The van der Waals surface area contributed by atoms with Crippen molar-refractivity contribution in [2.75, 3.05) is 6.79 Å². The standard InChI is InChI=1S/C33H38NO3/c1-3-21-24(4-2)34-18-23-28(33(15-9-6-10-16-33)31(35)32(23)13-7-5-8-14-32)22-12-11-20-17-25-30(37-19-36-25)27(21)26(20)29(22)34/h11-12,17-18,21,24H,3-10,13-16,19H2,1-2H3/q+1. The van der Waals surface area contributed by atoms with Gasteiger partial charge in [-0.25, -0.2) is 0 Å². The minimum atomic E-state index is -0.294. The first-order chi connectivity index (χ1) is 18.1. The number of pyridine rings is 1. The summed E-state index contributed by atoms with van der Waals surface area (Å²) in [5.74, 6) is 2.81. The van der Waals surface area contributed by atoms with Gasteiger partial charge in [-0.15, -0.1) is 0 Å². The van der Waals surface area contributed by atoms with E-state index in [2.05, 4.69) is 42.8 Å². The van der Waals surface area contributed by atoms with Crippen LogP contribution in [0.3, 0.4) is 0 Å². The van der Waals surface area contributed by atoms with Crippen LogP contribution in [0.2, 0.25) is 0 Å². The Bertz CT molecular complexity index is 1470. The Hall–Kier alpha value is -2.62. The van der Waals surface area contributed by atoms with Gasteiger partial charge in [-0.2, -0.15) is 4.57 Å². The van der Waals surface area contributed by atoms with E-state index in [-0.39, 0.29) is 10.8 Å². The fraction of sp³-hybridized carbons (Fsp3) is 0.576. The van der Waals surface area contributed by atoms with Gasteiger partial charge < -0.3 is 9.47 Å². The number of nitrogens with zero attached hydrogens (tertiary/aromatic N) is 1. The summed E-state index contributed by atoms with van der Waals surface area (Å²) in [7, 11) is 0. The monoisotopic (exact) mass is 496 g/mol. The Labute approximate surface area is 219 Å². The minimum Gasteiger partial charge on any atom is -0.454 e. The summed E-state index contributed by atoms with van der Waals surface area (Å²) in [6.45, 7) is 4.95. The molecule has 0 N–H and O–H groups in total. The van der Waals surface area contributed by atoms with E-state index in [1.807, 2.05) is 0 Å². The zero-order valence-electron chi connectivity index (χ0n) is 22.3. The van der Waals surface area contributed by atoms with Gasteiger partial charge in [0.2, 0.25) is 12.3 Å². The number of carbonyl (C=O) groups excluding carboxylic acids is 1. The van der Waals surface area contributed by atoms with Crippen molar-refractivity contribution in [3.05, 3.63) is 41.1 Å². The number of ketones is 1. The van der Waals surface area contributed by atoms with Crippen LogP contribution in [0.4, 0.5) is 0 Å². The second kappa shape index (κ2) is 7.71. The zero-order chi connectivity index (χ0) is 24.9. The largest absolute Gasteiger partial charge is 0.454 e. The van der Waals surface area contributed by atoms with Crippen LogP contribution in [0, 0.1) is 0 Å². The van der Waals surface area contributed by atoms with Crippen LogP contribution in [-0.2, 0) is 15.6 Å². The molecule has 2 fully saturated rings. The van der Waals surface area contributed by atoms with E-state index >= 15 is 0 Å². The van der Waals surface area contributed by atoms with E-state index in [1.54, 1.807) is 0 Å². The maximum Gasteiger partial charge on any atom is 0.231 e. The van der Waals surface area contributed by atoms with E-state index in [1.165, 1.54) is 76.9 Å². The van der Waals surface area contributed by atoms with Crippen molar-refractivity contribution in [2.45, 2.75) is 114 Å². The number of hydrogen-bond donors (Lipinski definition) is 0. The summed E-state index contributed by atoms with van der Waals surface area (Å²) in [5, 5.41) is 3.92. The van der Waals surface area contributed by atoms with Gasteiger partial charge in [-0.3, -0.25) is 4.79 Å². The van der Waals surface area contributed by atoms with Gasteiger partial charge in [0.1, 0.15) is 0 Å². The third kappa shape index (κ3) is 2.60. The molecule has 8 rings (SSSR count). The van der Waals surface area contributed by atoms with E-state index in [4.69, 9.17) is 9.47 Å². The highest BCUT2D eigenvalue weighted by Crippen LogP contribution is 2.61. The van der Waals surface area contributed by atoms with Crippen LogP contribution in [0.25, 0.3) is 21.7 Å². The van der Waals surface area contributed by atoms with Crippen LogP contribution in [0.1, 0.15) is 120 Å². The molecule has 2 spiro atoms. The molecule has 0 saturated heterocycles. The molecule has 2 unspecified atom stereocenters. The molecule has 2 aromatic carbocycles. The first-order valence-corrected chi connectivity index (χ1v) is 15.0. The molecule has 0 amide bonds. The third-order valence-electron chi connectivity index (χ3n) is 11.0. The molecule has 4 heteroatoms. The highest BCUT2D eigenvalue weighted by atomic mass is 16.7. The molecule has 0 radical (unpaired) electrons. The predicted molar refractivity (Wildman–Crippen MR) is 145 cm³/mol. The summed E-state index contributed by atoms with van der Waals surface area (Å²) in [4.78, 5) is 14.8. The van der Waals surface area contributed by atoms with E-state index in [9.17, 15) is 4.79 Å². The molecular formula is C33H38NO3+. The highest BCUT2D eigenvalue weighted by Gasteiger charge is 2.62. The van der Waals surface area contributed by atoms with Crippen molar-refractivity contribution >= 4 is 27.5 Å².